The summed E-state index contributed by atoms with van der Waals surface area (Å²) in [5.41, 5.74) is 2.23. The Hall–Kier alpha value is -5.05. The Morgan fingerprint density at radius 3 is 2.43 bits per heavy atom. The third-order valence-electron chi connectivity index (χ3n) is 5.68. The van der Waals surface area contributed by atoms with E-state index in [0.717, 1.165) is 0 Å². The van der Waals surface area contributed by atoms with Gasteiger partial charge in [0.15, 0.2) is 5.75 Å². The average molecular weight is 496 g/mol. The maximum Gasteiger partial charge on any atom is 0.268 e. The first-order valence-electron chi connectivity index (χ1n) is 11.3. The third-order valence-corrected chi connectivity index (χ3v) is 5.68. The topological polar surface area (TPSA) is 95.3 Å². The van der Waals surface area contributed by atoms with Crippen molar-refractivity contribution in [1.29, 1.82) is 0 Å². The Labute approximate surface area is 211 Å². The van der Waals surface area contributed by atoms with Crippen LogP contribution in [0.4, 0.5) is 10.1 Å². The predicted octanol–water partition coefficient (Wildman–Crippen LogP) is 5.28. The van der Waals surface area contributed by atoms with Crippen LogP contribution < -0.4 is 20.3 Å². The first-order valence-corrected chi connectivity index (χ1v) is 11.3. The summed E-state index contributed by atoms with van der Waals surface area (Å²) in [4.78, 5) is 34.7. The SMILES string of the molecule is COc1ccc2nccc(Oc3ccc(NC(=O)c4ccc(C)n(-c5ccc(F)cc5)c4=O)cc3)c2n1. The van der Waals surface area contributed by atoms with Gasteiger partial charge in [-0.05, 0) is 73.7 Å². The molecule has 3 heterocycles. The first kappa shape index (κ1) is 23.7. The van der Waals surface area contributed by atoms with Crippen LogP contribution in [0.3, 0.4) is 0 Å². The number of anilines is 1. The van der Waals surface area contributed by atoms with Gasteiger partial charge in [-0.15, -0.1) is 0 Å². The number of ether oxygens (including phenoxy) is 2. The molecule has 9 heteroatoms. The van der Waals surface area contributed by atoms with Crippen molar-refractivity contribution in [2.24, 2.45) is 0 Å². The molecule has 0 spiro atoms. The highest BCUT2D eigenvalue weighted by Crippen LogP contribution is 2.29. The number of carbonyl (C=O) groups excluding carboxylic acids is 1. The number of pyridine rings is 3. The molecule has 0 atom stereocenters. The van der Waals surface area contributed by atoms with Crippen molar-refractivity contribution >= 4 is 22.6 Å². The van der Waals surface area contributed by atoms with Gasteiger partial charge in [0, 0.05) is 35.4 Å². The summed E-state index contributed by atoms with van der Waals surface area (Å²) < 4.78 is 25.9. The number of hydrogen-bond donors (Lipinski definition) is 1. The van der Waals surface area contributed by atoms with Crippen molar-refractivity contribution in [2.75, 3.05) is 12.4 Å². The van der Waals surface area contributed by atoms with E-state index in [4.69, 9.17) is 9.47 Å². The Kier molecular flexibility index (Phi) is 6.34. The zero-order valence-corrected chi connectivity index (χ0v) is 19.9. The van der Waals surface area contributed by atoms with E-state index >= 15 is 0 Å². The van der Waals surface area contributed by atoms with E-state index in [1.165, 1.54) is 42.0 Å². The summed E-state index contributed by atoms with van der Waals surface area (Å²) in [6.07, 6.45) is 1.63. The average Bonchev–Trinajstić information content (AvgIpc) is 2.91. The van der Waals surface area contributed by atoms with Gasteiger partial charge in [0.05, 0.1) is 12.6 Å². The number of methoxy groups -OCH3 is 1. The van der Waals surface area contributed by atoms with Crippen molar-refractivity contribution in [1.82, 2.24) is 14.5 Å². The second-order valence-corrected chi connectivity index (χ2v) is 8.12. The summed E-state index contributed by atoms with van der Waals surface area (Å²) in [5.74, 6) is 0.485. The molecule has 0 bridgehead atoms. The van der Waals surface area contributed by atoms with Crippen LogP contribution in [0.2, 0.25) is 0 Å². The van der Waals surface area contributed by atoms with Crippen LogP contribution in [0.25, 0.3) is 16.7 Å². The first-order chi connectivity index (χ1) is 17.9. The molecule has 0 fully saturated rings. The summed E-state index contributed by atoms with van der Waals surface area (Å²) in [7, 11) is 1.53. The lowest BCUT2D eigenvalue weighted by molar-refractivity contribution is 0.102. The van der Waals surface area contributed by atoms with E-state index in [1.54, 1.807) is 61.7 Å². The van der Waals surface area contributed by atoms with Gasteiger partial charge in [0.25, 0.3) is 11.5 Å². The zero-order chi connectivity index (χ0) is 25.9. The Bertz CT molecular complexity index is 1670. The van der Waals surface area contributed by atoms with Crippen molar-refractivity contribution in [2.45, 2.75) is 6.92 Å². The van der Waals surface area contributed by atoms with Crippen LogP contribution in [-0.2, 0) is 0 Å². The lowest BCUT2D eigenvalue weighted by atomic mass is 10.2. The van der Waals surface area contributed by atoms with Gasteiger partial charge in [0.2, 0.25) is 5.88 Å². The second kappa shape index (κ2) is 9.90. The minimum Gasteiger partial charge on any atom is -0.481 e. The quantitative estimate of drug-likeness (QED) is 0.344. The van der Waals surface area contributed by atoms with E-state index in [1.807, 2.05) is 0 Å². The summed E-state index contributed by atoms with van der Waals surface area (Å²) in [6.45, 7) is 1.74. The van der Waals surface area contributed by atoms with Gasteiger partial charge < -0.3 is 14.8 Å². The number of carbonyl (C=O) groups is 1. The number of halogens is 1. The smallest absolute Gasteiger partial charge is 0.268 e. The molecule has 37 heavy (non-hydrogen) atoms. The number of aryl methyl sites for hydroxylation is 1. The fourth-order valence-electron chi connectivity index (χ4n) is 3.83. The fraction of sp³-hybridized carbons (Fsp3) is 0.0714. The molecule has 5 aromatic rings. The van der Waals surface area contributed by atoms with E-state index in [-0.39, 0.29) is 5.56 Å². The molecular weight excluding hydrogens is 475 g/mol. The fourth-order valence-corrected chi connectivity index (χ4v) is 3.83. The lowest BCUT2D eigenvalue weighted by Gasteiger charge is -2.13. The molecule has 0 aliphatic rings. The molecule has 184 valence electrons. The normalized spacial score (nSPS) is 10.8. The van der Waals surface area contributed by atoms with E-state index in [0.29, 0.717) is 45.5 Å². The van der Waals surface area contributed by atoms with Gasteiger partial charge >= 0.3 is 0 Å². The molecule has 0 radical (unpaired) electrons. The highest BCUT2D eigenvalue weighted by molar-refractivity contribution is 6.04. The Morgan fingerprint density at radius 2 is 1.70 bits per heavy atom. The number of nitrogens with zero attached hydrogens (tertiary/aromatic N) is 3. The van der Waals surface area contributed by atoms with Gasteiger partial charge in [-0.1, -0.05) is 0 Å². The van der Waals surface area contributed by atoms with E-state index in [2.05, 4.69) is 15.3 Å². The van der Waals surface area contributed by atoms with Crippen molar-refractivity contribution in [3.05, 3.63) is 112 Å². The standard InChI is InChI=1S/C28H21FN4O4/c1-17-3-12-22(28(35)33(17)20-8-4-18(29)5-9-20)27(34)31-19-6-10-21(11-7-19)37-24-15-16-30-23-13-14-25(36-2)32-26(23)24/h3-16H,1-2H3,(H,31,34). The van der Waals surface area contributed by atoms with E-state index in [9.17, 15) is 14.0 Å². The van der Waals surface area contributed by atoms with Crippen LogP contribution in [0.1, 0.15) is 16.1 Å². The third kappa shape index (κ3) is 4.87. The minimum atomic E-state index is -0.564. The van der Waals surface area contributed by atoms with Crippen LogP contribution in [-0.4, -0.2) is 27.6 Å². The maximum atomic E-state index is 13.3. The molecule has 0 aliphatic carbocycles. The van der Waals surface area contributed by atoms with Crippen LogP contribution in [0.15, 0.2) is 89.9 Å². The van der Waals surface area contributed by atoms with E-state index < -0.39 is 17.3 Å². The van der Waals surface area contributed by atoms with Crippen molar-refractivity contribution in [3.8, 4) is 23.1 Å². The lowest BCUT2D eigenvalue weighted by Crippen LogP contribution is -2.29. The van der Waals surface area contributed by atoms with Crippen LogP contribution in [0, 0.1) is 12.7 Å². The molecule has 1 N–H and O–H groups in total. The molecule has 8 nitrogen and oxygen atoms in total. The molecule has 0 aliphatic heterocycles. The number of hydrogen-bond acceptors (Lipinski definition) is 6. The maximum absolute atomic E-state index is 13.3. The Balaban J connectivity index is 1.35. The summed E-state index contributed by atoms with van der Waals surface area (Å²) >= 11 is 0. The van der Waals surface area contributed by atoms with Gasteiger partial charge in [-0.2, -0.15) is 0 Å². The largest absolute Gasteiger partial charge is 0.481 e. The second-order valence-electron chi connectivity index (χ2n) is 8.12. The number of fused-ring (bicyclic) bond motifs is 1. The monoisotopic (exact) mass is 496 g/mol. The Morgan fingerprint density at radius 1 is 0.946 bits per heavy atom. The van der Waals surface area contributed by atoms with Crippen LogP contribution >= 0.6 is 0 Å². The number of aromatic nitrogens is 3. The summed E-state index contributed by atoms with van der Waals surface area (Å²) in [5, 5.41) is 2.74. The molecule has 0 saturated carbocycles. The molecule has 2 aromatic carbocycles. The molecule has 0 unspecified atom stereocenters. The molecule has 1 amide bonds. The highest BCUT2D eigenvalue weighted by Gasteiger charge is 2.16. The van der Waals surface area contributed by atoms with Gasteiger partial charge in [-0.25, -0.2) is 9.37 Å². The molecule has 3 aromatic heterocycles. The zero-order valence-electron chi connectivity index (χ0n) is 19.9. The highest BCUT2D eigenvalue weighted by atomic mass is 19.1. The molecular formula is C28H21FN4O4. The molecule has 0 saturated heterocycles. The summed E-state index contributed by atoms with van der Waals surface area (Å²) in [6, 6.07) is 20.6. The van der Waals surface area contributed by atoms with Crippen molar-refractivity contribution < 1.29 is 18.7 Å². The number of benzene rings is 2. The number of nitrogens with one attached hydrogen (secondary N) is 1. The predicted molar refractivity (Wildman–Crippen MR) is 137 cm³/mol. The minimum absolute atomic E-state index is 0.0430. The number of rotatable bonds is 6. The molecule has 5 rings (SSSR count). The van der Waals surface area contributed by atoms with Crippen LogP contribution in [0.5, 0.6) is 17.4 Å². The van der Waals surface area contributed by atoms with Gasteiger partial charge in [0.1, 0.15) is 22.6 Å². The van der Waals surface area contributed by atoms with Crippen molar-refractivity contribution in [3.63, 3.8) is 0 Å². The van der Waals surface area contributed by atoms with Gasteiger partial charge in [-0.3, -0.25) is 19.1 Å². The number of amides is 1.